The van der Waals surface area contributed by atoms with Crippen molar-refractivity contribution in [3.8, 4) is 5.75 Å². The van der Waals surface area contributed by atoms with E-state index in [0.717, 1.165) is 6.08 Å². The second-order valence-corrected chi connectivity index (χ2v) is 5.31. The van der Waals surface area contributed by atoms with Gasteiger partial charge in [-0.3, -0.25) is 0 Å². The van der Waals surface area contributed by atoms with Crippen LogP contribution in [0.4, 0.5) is 35.1 Å². The molecule has 0 saturated heterocycles. The maximum absolute atomic E-state index is 13.2. The Morgan fingerprint density at radius 2 is 1.64 bits per heavy atom. The van der Waals surface area contributed by atoms with Gasteiger partial charge in [0.2, 0.25) is 0 Å². The Kier molecular flexibility index (Phi) is 7.59. The van der Waals surface area contributed by atoms with E-state index >= 15 is 0 Å². The van der Waals surface area contributed by atoms with Crippen LogP contribution in [0.3, 0.4) is 0 Å². The van der Waals surface area contributed by atoms with Gasteiger partial charge < -0.3 is 9.47 Å². The van der Waals surface area contributed by atoms with Gasteiger partial charge in [0.15, 0.2) is 6.61 Å². The zero-order chi connectivity index (χ0) is 21.6. The highest BCUT2D eigenvalue weighted by atomic mass is 19.4. The van der Waals surface area contributed by atoms with Crippen molar-refractivity contribution in [2.24, 2.45) is 0 Å². The Morgan fingerprint density at radius 3 is 2.14 bits per heavy atom. The minimum Gasteiger partial charge on any atom is -0.490 e. The molecule has 0 aromatic heterocycles. The van der Waals surface area contributed by atoms with Crippen LogP contribution in [0.5, 0.6) is 5.75 Å². The normalized spacial score (nSPS) is 13.0. The molecule has 0 spiro atoms. The summed E-state index contributed by atoms with van der Waals surface area (Å²) in [5.41, 5.74) is 0.365. The topological polar surface area (TPSA) is 35.5 Å². The lowest BCUT2D eigenvalue weighted by Crippen LogP contribution is -2.59. The molecule has 0 heterocycles. The molecule has 0 atom stereocenters. The van der Waals surface area contributed by atoms with Crippen molar-refractivity contribution in [3.63, 3.8) is 0 Å². The van der Waals surface area contributed by atoms with E-state index in [9.17, 15) is 39.9 Å². The summed E-state index contributed by atoms with van der Waals surface area (Å²) in [6.45, 7) is 1.17. The van der Waals surface area contributed by atoms with Gasteiger partial charge in [-0.15, -0.1) is 0 Å². The quantitative estimate of drug-likeness (QED) is 0.233. The van der Waals surface area contributed by atoms with E-state index in [-0.39, 0.29) is 6.61 Å². The summed E-state index contributed by atoms with van der Waals surface area (Å²) in [6.07, 6.45) is -1.91. The number of alkyl halides is 8. The summed E-state index contributed by atoms with van der Waals surface area (Å²) in [5.74, 6) is -19.6. The minimum absolute atomic E-state index is 0.241. The Labute approximate surface area is 154 Å². The molecule has 0 N–H and O–H groups in total. The van der Waals surface area contributed by atoms with Gasteiger partial charge >= 0.3 is 30.2 Å². The van der Waals surface area contributed by atoms with E-state index in [1.807, 2.05) is 0 Å². The van der Waals surface area contributed by atoms with Crippen LogP contribution in [0, 0.1) is 0 Å². The maximum Gasteiger partial charge on any atom is 0.381 e. The largest absolute Gasteiger partial charge is 0.490 e. The molecule has 0 aliphatic carbocycles. The molecule has 11 heteroatoms. The zero-order valence-corrected chi connectivity index (χ0v) is 14.0. The molecule has 0 fully saturated rings. The van der Waals surface area contributed by atoms with Crippen molar-refractivity contribution in [3.05, 3.63) is 48.6 Å². The number of benzene rings is 1. The summed E-state index contributed by atoms with van der Waals surface area (Å²) < 4.78 is 111. The molecule has 0 aliphatic heterocycles. The number of hydrogen-bond acceptors (Lipinski definition) is 3. The molecule has 3 nitrogen and oxygen atoms in total. The first kappa shape index (κ1) is 23.4. The van der Waals surface area contributed by atoms with Crippen molar-refractivity contribution >= 4 is 12.0 Å². The first-order valence-corrected chi connectivity index (χ1v) is 7.45. The van der Waals surface area contributed by atoms with Crippen molar-refractivity contribution in [2.75, 3.05) is 13.2 Å². The average molecular weight is 418 g/mol. The highest BCUT2D eigenvalue weighted by Gasteiger charge is 2.75. The number of esters is 1. The molecule has 0 saturated carbocycles. The fraction of sp³-hybridized carbons (Fsp3) is 0.353. The van der Waals surface area contributed by atoms with Gasteiger partial charge in [0.25, 0.3) is 0 Å². The Balaban J connectivity index is 2.70. The van der Waals surface area contributed by atoms with Crippen LogP contribution < -0.4 is 4.74 Å². The minimum atomic E-state index is -6.43. The van der Waals surface area contributed by atoms with E-state index in [4.69, 9.17) is 4.74 Å². The lowest BCUT2D eigenvalue weighted by molar-refractivity contribution is -0.344. The third-order valence-corrected chi connectivity index (χ3v) is 3.21. The van der Waals surface area contributed by atoms with Gasteiger partial charge in [0.1, 0.15) is 12.4 Å². The fourth-order valence-corrected chi connectivity index (χ4v) is 1.68. The van der Waals surface area contributed by atoms with Crippen LogP contribution in [0.15, 0.2) is 43.0 Å². The van der Waals surface area contributed by atoms with Gasteiger partial charge in [0, 0.05) is 6.08 Å². The van der Waals surface area contributed by atoms with Crippen LogP contribution in [0.25, 0.3) is 6.08 Å². The van der Waals surface area contributed by atoms with E-state index in [1.54, 1.807) is 0 Å². The number of ether oxygens (including phenoxy) is 2. The second kappa shape index (κ2) is 9.07. The third-order valence-electron chi connectivity index (χ3n) is 3.21. The predicted octanol–water partition coefficient (Wildman–Crippen LogP) is 4.98. The monoisotopic (exact) mass is 418 g/mol. The maximum atomic E-state index is 13.2. The van der Waals surface area contributed by atoms with Gasteiger partial charge in [-0.1, -0.05) is 24.8 Å². The molecule has 0 aliphatic rings. The van der Waals surface area contributed by atoms with Crippen LogP contribution in [-0.4, -0.2) is 43.4 Å². The van der Waals surface area contributed by atoms with Gasteiger partial charge in [-0.2, -0.15) is 26.3 Å². The molecule has 1 aromatic carbocycles. The van der Waals surface area contributed by atoms with Crippen molar-refractivity contribution in [1.82, 2.24) is 0 Å². The van der Waals surface area contributed by atoms with E-state index in [0.29, 0.717) is 17.4 Å². The lowest BCUT2D eigenvalue weighted by atomic mass is 10.1. The zero-order valence-electron chi connectivity index (χ0n) is 14.0. The summed E-state index contributed by atoms with van der Waals surface area (Å²) in [5, 5.41) is 0. The Morgan fingerprint density at radius 1 is 1.07 bits per heavy atom. The Hall–Kier alpha value is -2.59. The molecule has 0 radical (unpaired) electrons. The third kappa shape index (κ3) is 5.46. The first-order valence-electron chi connectivity index (χ1n) is 7.45. The lowest BCUT2D eigenvalue weighted by Gasteiger charge is -2.31. The van der Waals surface area contributed by atoms with E-state index in [2.05, 4.69) is 11.3 Å². The summed E-state index contributed by atoms with van der Waals surface area (Å²) in [7, 11) is 0. The fourth-order valence-electron chi connectivity index (χ4n) is 1.68. The molecule has 0 unspecified atom stereocenters. The van der Waals surface area contributed by atoms with Crippen molar-refractivity contribution in [2.45, 2.75) is 24.2 Å². The van der Waals surface area contributed by atoms with E-state index in [1.165, 1.54) is 30.3 Å². The highest BCUT2D eigenvalue weighted by molar-refractivity contribution is 5.87. The summed E-state index contributed by atoms with van der Waals surface area (Å²) in [6, 6.07) is 5.90. The second-order valence-electron chi connectivity index (χ2n) is 5.31. The Bertz CT molecular complexity index is 699. The SMILES string of the molecule is C=CCOc1ccc(C=CC(=O)OCC(F)(F)C(F)(F)C(F)(F)C(F)F)cc1. The van der Waals surface area contributed by atoms with Crippen LogP contribution in [0.1, 0.15) is 5.56 Å². The van der Waals surface area contributed by atoms with Crippen LogP contribution in [-0.2, 0) is 9.53 Å². The molecule has 1 aromatic rings. The number of carbonyl (C=O) groups excluding carboxylic acids is 1. The molecule has 28 heavy (non-hydrogen) atoms. The first-order chi connectivity index (χ1) is 12.8. The smallest absolute Gasteiger partial charge is 0.381 e. The molecule has 0 amide bonds. The number of carbonyl (C=O) groups is 1. The van der Waals surface area contributed by atoms with Gasteiger partial charge in [0.05, 0.1) is 0 Å². The van der Waals surface area contributed by atoms with Crippen LogP contribution >= 0.6 is 0 Å². The van der Waals surface area contributed by atoms with Gasteiger partial charge in [-0.05, 0) is 23.8 Å². The number of hydrogen-bond donors (Lipinski definition) is 0. The molecule has 1 rings (SSSR count). The number of rotatable bonds is 10. The van der Waals surface area contributed by atoms with E-state index < -0.39 is 36.8 Å². The summed E-state index contributed by atoms with van der Waals surface area (Å²) >= 11 is 0. The van der Waals surface area contributed by atoms with Crippen molar-refractivity contribution < 1.29 is 49.4 Å². The predicted molar refractivity (Wildman–Crippen MR) is 83.0 cm³/mol. The molecular formula is C17H14F8O3. The molecule has 0 bridgehead atoms. The van der Waals surface area contributed by atoms with Crippen LogP contribution in [0.2, 0.25) is 0 Å². The van der Waals surface area contributed by atoms with Gasteiger partial charge in [-0.25, -0.2) is 13.6 Å². The standard InChI is InChI=1S/C17H14F8O3/c1-2-9-27-12-6-3-11(4-7-12)5-8-13(26)28-10-15(20,21)17(24,25)16(22,23)14(18)19/h2-8,14H,1,9-10H2. The molecule has 156 valence electrons. The number of halogens is 8. The highest BCUT2D eigenvalue weighted by Crippen LogP contribution is 2.48. The average Bonchev–Trinajstić information content (AvgIpc) is 2.63. The molecular weight excluding hydrogens is 404 g/mol. The summed E-state index contributed by atoms with van der Waals surface area (Å²) in [4.78, 5) is 11.3. The van der Waals surface area contributed by atoms with Crippen molar-refractivity contribution in [1.29, 1.82) is 0 Å².